The van der Waals surface area contributed by atoms with E-state index in [-0.39, 0.29) is 17.7 Å². The van der Waals surface area contributed by atoms with E-state index < -0.39 is 6.04 Å². The minimum atomic E-state index is -0.506. The zero-order valence-electron chi connectivity index (χ0n) is 14.1. The molecule has 0 radical (unpaired) electrons. The highest BCUT2D eigenvalue weighted by Gasteiger charge is 2.40. The Labute approximate surface area is 151 Å². The lowest BCUT2D eigenvalue weighted by Crippen LogP contribution is -2.44. The molecule has 0 saturated heterocycles. The minimum Gasteiger partial charge on any atom is -0.508 e. The number of aromatic hydroxyl groups is 1. The maximum atomic E-state index is 12.9. The number of phenolic OH excluding ortho intramolecular Hbond substituents is 1. The molecule has 4 rings (SSSR count). The van der Waals surface area contributed by atoms with E-state index in [2.05, 4.69) is 10.6 Å². The van der Waals surface area contributed by atoms with Gasteiger partial charge in [-0.15, -0.1) is 0 Å². The van der Waals surface area contributed by atoms with Crippen molar-refractivity contribution in [3.63, 3.8) is 0 Å². The van der Waals surface area contributed by atoms with Crippen LogP contribution in [-0.2, 0) is 11.2 Å². The molecule has 132 valence electrons. The zero-order chi connectivity index (χ0) is 18.1. The van der Waals surface area contributed by atoms with Crippen molar-refractivity contribution >= 4 is 11.9 Å². The van der Waals surface area contributed by atoms with Crippen LogP contribution in [0.2, 0.25) is 0 Å². The number of hydrogen-bond acceptors (Lipinski definition) is 3. The standard InChI is InChI=1S/C20H19N3O3/c24-15-8-6-14(7-9-15)18-17-16(21-20(26)22-18)12-23(19(17)25)11-10-13-4-2-1-3-5-13/h1-9,18,24H,10-12H2,(H2,21,22,26). The topological polar surface area (TPSA) is 81.7 Å². The van der Waals surface area contributed by atoms with Crippen LogP contribution >= 0.6 is 0 Å². The van der Waals surface area contributed by atoms with Crippen molar-refractivity contribution in [1.29, 1.82) is 0 Å². The summed E-state index contributed by atoms with van der Waals surface area (Å²) in [7, 11) is 0. The fourth-order valence-corrected chi connectivity index (χ4v) is 3.43. The smallest absolute Gasteiger partial charge is 0.319 e. The van der Waals surface area contributed by atoms with Gasteiger partial charge in [-0.25, -0.2) is 4.79 Å². The molecule has 0 bridgehead atoms. The quantitative estimate of drug-likeness (QED) is 0.790. The van der Waals surface area contributed by atoms with E-state index in [1.165, 1.54) is 5.56 Å². The number of benzene rings is 2. The van der Waals surface area contributed by atoms with Crippen LogP contribution in [0.15, 0.2) is 65.9 Å². The van der Waals surface area contributed by atoms with Gasteiger partial charge < -0.3 is 20.6 Å². The molecular weight excluding hydrogens is 330 g/mol. The Kier molecular flexibility index (Phi) is 4.08. The average Bonchev–Trinajstić information content (AvgIpc) is 2.96. The predicted molar refractivity (Wildman–Crippen MR) is 96.3 cm³/mol. The zero-order valence-corrected chi connectivity index (χ0v) is 14.1. The van der Waals surface area contributed by atoms with Crippen molar-refractivity contribution in [3.05, 3.63) is 77.0 Å². The SMILES string of the molecule is O=C1NC2=C(C(=O)N(CCc3ccccc3)C2)C(c2ccc(O)cc2)N1. The number of carbonyl (C=O) groups excluding carboxylic acids is 2. The van der Waals surface area contributed by atoms with Gasteiger partial charge >= 0.3 is 6.03 Å². The molecule has 1 unspecified atom stereocenters. The van der Waals surface area contributed by atoms with E-state index in [1.54, 1.807) is 29.2 Å². The first-order valence-electron chi connectivity index (χ1n) is 8.54. The van der Waals surface area contributed by atoms with Crippen molar-refractivity contribution < 1.29 is 14.7 Å². The maximum Gasteiger partial charge on any atom is 0.319 e. The van der Waals surface area contributed by atoms with Crippen LogP contribution in [0.3, 0.4) is 0 Å². The summed E-state index contributed by atoms with van der Waals surface area (Å²) in [6, 6.07) is 15.7. The Morgan fingerprint density at radius 3 is 2.50 bits per heavy atom. The van der Waals surface area contributed by atoms with Crippen LogP contribution in [0.1, 0.15) is 17.2 Å². The summed E-state index contributed by atoms with van der Waals surface area (Å²) in [6.45, 7) is 0.997. The number of nitrogens with zero attached hydrogens (tertiary/aromatic N) is 1. The monoisotopic (exact) mass is 349 g/mol. The molecule has 0 fully saturated rings. The van der Waals surface area contributed by atoms with Gasteiger partial charge in [-0.2, -0.15) is 0 Å². The average molecular weight is 349 g/mol. The predicted octanol–water partition coefficient (Wildman–Crippen LogP) is 2.09. The molecule has 2 heterocycles. The third-order valence-electron chi connectivity index (χ3n) is 4.76. The molecule has 3 amide bonds. The second kappa shape index (κ2) is 6.55. The molecule has 26 heavy (non-hydrogen) atoms. The molecule has 6 nitrogen and oxygen atoms in total. The van der Waals surface area contributed by atoms with E-state index in [4.69, 9.17) is 0 Å². The lowest BCUT2D eigenvalue weighted by molar-refractivity contribution is -0.125. The van der Waals surface area contributed by atoms with Gasteiger partial charge in [0.2, 0.25) is 0 Å². The largest absolute Gasteiger partial charge is 0.508 e. The molecule has 0 aromatic heterocycles. The number of urea groups is 1. The Morgan fingerprint density at radius 2 is 1.77 bits per heavy atom. The van der Waals surface area contributed by atoms with Crippen molar-refractivity contribution in [2.45, 2.75) is 12.5 Å². The van der Waals surface area contributed by atoms with Crippen molar-refractivity contribution in [2.75, 3.05) is 13.1 Å². The number of hydrogen-bond donors (Lipinski definition) is 3. The molecular formula is C20H19N3O3. The van der Waals surface area contributed by atoms with Gasteiger partial charge in [0.25, 0.3) is 5.91 Å². The first kappa shape index (κ1) is 16.2. The fourth-order valence-electron chi connectivity index (χ4n) is 3.43. The first-order valence-corrected chi connectivity index (χ1v) is 8.54. The molecule has 0 saturated carbocycles. The van der Waals surface area contributed by atoms with Gasteiger partial charge in [-0.3, -0.25) is 4.79 Å². The van der Waals surface area contributed by atoms with E-state index >= 15 is 0 Å². The fraction of sp³-hybridized carbons (Fsp3) is 0.200. The number of amides is 3. The molecule has 3 N–H and O–H groups in total. The molecule has 2 aromatic carbocycles. The normalized spacial score (nSPS) is 19.2. The summed E-state index contributed by atoms with van der Waals surface area (Å²) < 4.78 is 0. The summed E-state index contributed by atoms with van der Waals surface area (Å²) in [5.74, 6) is 0.0759. The van der Waals surface area contributed by atoms with Gasteiger partial charge in [0, 0.05) is 6.54 Å². The lowest BCUT2D eigenvalue weighted by Gasteiger charge is -2.25. The summed E-state index contributed by atoms with van der Waals surface area (Å²) in [4.78, 5) is 26.7. The van der Waals surface area contributed by atoms with E-state index in [9.17, 15) is 14.7 Å². The molecule has 2 aliphatic rings. The highest BCUT2D eigenvalue weighted by Crippen LogP contribution is 2.33. The molecule has 2 aliphatic heterocycles. The second-order valence-corrected chi connectivity index (χ2v) is 6.48. The van der Waals surface area contributed by atoms with E-state index in [0.717, 1.165) is 12.0 Å². The molecule has 0 spiro atoms. The first-order chi connectivity index (χ1) is 12.6. The van der Waals surface area contributed by atoms with Gasteiger partial charge in [-0.1, -0.05) is 42.5 Å². The summed E-state index contributed by atoms with van der Waals surface area (Å²) in [6.07, 6.45) is 0.762. The highest BCUT2D eigenvalue weighted by molar-refractivity contribution is 6.01. The molecule has 1 atom stereocenters. The molecule has 2 aromatic rings. The third-order valence-corrected chi connectivity index (χ3v) is 4.76. The van der Waals surface area contributed by atoms with Crippen LogP contribution in [0.5, 0.6) is 5.75 Å². The van der Waals surface area contributed by atoms with Crippen LogP contribution in [0, 0.1) is 0 Å². The summed E-state index contributed by atoms with van der Waals surface area (Å²) in [5, 5.41) is 15.1. The Bertz CT molecular complexity index is 875. The molecule has 0 aliphatic carbocycles. The lowest BCUT2D eigenvalue weighted by atomic mass is 9.96. The van der Waals surface area contributed by atoms with Crippen LogP contribution in [0.25, 0.3) is 0 Å². The highest BCUT2D eigenvalue weighted by atomic mass is 16.3. The van der Waals surface area contributed by atoms with E-state index in [1.807, 2.05) is 30.3 Å². The molecule has 6 heteroatoms. The van der Waals surface area contributed by atoms with Gasteiger partial charge in [-0.05, 0) is 29.7 Å². The van der Waals surface area contributed by atoms with Gasteiger partial charge in [0.15, 0.2) is 0 Å². The van der Waals surface area contributed by atoms with Gasteiger partial charge in [0.1, 0.15) is 5.75 Å². The van der Waals surface area contributed by atoms with Crippen LogP contribution in [0.4, 0.5) is 4.79 Å². The number of phenols is 1. The van der Waals surface area contributed by atoms with Crippen molar-refractivity contribution in [3.8, 4) is 5.75 Å². The summed E-state index contributed by atoms with van der Waals surface area (Å²) >= 11 is 0. The Morgan fingerprint density at radius 1 is 1.04 bits per heavy atom. The summed E-state index contributed by atoms with van der Waals surface area (Å²) in [5.41, 5.74) is 3.17. The third kappa shape index (κ3) is 3.01. The second-order valence-electron chi connectivity index (χ2n) is 6.48. The van der Waals surface area contributed by atoms with Crippen LogP contribution in [-0.4, -0.2) is 35.0 Å². The van der Waals surface area contributed by atoms with E-state index in [0.29, 0.717) is 24.4 Å². The van der Waals surface area contributed by atoms with Gasteiger partial charge in [0.05, 0.1) is 23.9 Å². The Hall–Kier alpha value is -3.28. The number of nitrogens with one attached hydrogen (secondary N) is 2. The number of rotatable bonds is 4. The number of carbonyl (C=O) groups is 2. The van der Waals surface area contributed by atoms with Crippen molar-refractivity contribution in [1.82, 2.24) is 15.5 Å². The minimum absolute atomic E-state index is 0.0680. The Balaban J connectivity index is 1.55. The maximum absolute atomic E-state index is 12.9. The van der Waals surface area contributed by atoms with Crippen LogP contribution < -0.4 is 10.6 Å². The van der Waals surface area contributed by atoms with Crippen molar-refractivity contribution in [2.24, 2.45) is 0 Å².